The van der Waals surface area contributed by atoms with Crippen molar-refractivity contribution in [1.82, 2.24) is 9.97 Å². The van der Waals surface area contributed by atoms with Crippen molar-refractivity contribution < 1.29 is 31.1 Å². The monoisotopic (exact) mass is 414 g/mol. The molecular formula is C20H16F6N2O. The molecule has 0 fully saturated rings. The fraction of sp³-hybridized carbons (Fsp3) is 0.300. The largest absolute Gasteiger partial charge is 0.429 e. The summed E-state index contributed by atoms with van der Waals surface area (Å²) < 4.78 is 86.8. The number of benzene rings is 1. The number of ether oxygens (including phenoxy) is 1. The first-order valence-electron chi connectivity index (χ1n) is 8.79. The van der Waals surface area contributed by atoms with Crippen molar-refractivity contribution in [2.24, 2.45) is 0 Å². The molecule has 0 saturated heterocycles. The van der Waals surface area contributed by atoms with E-state index in [4.69, 9.17) is 0 Å². The first-order valence-corrected chi connectivity index (χ1v) is 8.79. The molecule has 2 aromatic rings. The highest BCUT2D eigenvalue weighted by Crippen LogP contribution is 2.38. The summed E-state index contributed by atoms with van der Waals surface area (Å²) in [6.07, 6.45) is 0.159. The molecule has 9 heteroatoms. The molecule has 0 aliphatic heterocycles. The average molecular weight is 414 g/mol. The van der Waals surface area contributed by atoms with E-state index in [1.165, 1.54) is 6.08 Å². The number of nitrogens with zero attached hydrogens (tertiary/aromatic N) is 2. The molecule has 1 atom stereocenters. The minimum atomic E-state index is -4.20. The van der Waals surface area contributed by atoms with Gasteiger partial charge in [-0.2, -0.15) is 8.78 Å². The van der Waals surface area contributed by atoms with Crippen LogP contribution in [-0.2, 0) is 6.42 Å². The van der Waals surface area contributed by atoms with Gasteiger partial charge in [0.05, 0.1) is 5.57 Å². The fourth-order valence-electron chi connectivity index (χ4n) is 2.85. The van der Waals surface area contributed by atoms with E-state index in [0.717, 1.165) is 24.5 Å². The second kappa shape index (κ2) is 8.26. The SMILES string of the molecule is CCCc1cnc(C2=CC=C(C(F)(F)Oc3cc(F)c(F)c(F)c3)C(F)C2)nc1. The van der Waals surface area contributed by atoms with Gasteiger partial charge in [-0.3, -0.25) is 0 Å². The maximum absolute atomic E-state index is 14.5. The van der Waals surface area contributed by atoms with Crippen molar-refractivity contribution in [3.63, 3.8) is 0 Å². The third kappa shape index (κ3) is 4.60. The third-order valence-corrected chi connectivity index (χ3v) is 4.27. The standard InChI is InChI=1S/C20H16F6N2O/c1-2-3-11-9-27-19(28-10-11)12-4-5-14(15(21)6-12)20(25,26)29-13-7-16(22)18(24)17(23)8-13/h4-5,7-10,15H,2-3,6H2,1H3. The Hall–Kier alpha value is -2.84. The molecule has 1 unspecified atom stereocenters. The lowest BCUT2D eigenvalue weighted by atomic mass is 9.95. The number of allylic oxidation sites excluding steroid dienone is 3. The van der Waals surface area contributed by atoms with Crippen molar-refractivity contribution in [2.45, 2.75) is 38.5 Å². The van der Waals surface area contributed by atoms with E-state index < -0.39 is 47.5 Å². The molecule has 3 nitrogen and oxygen atoms in total. The zero-order valence-electron chi connectivity index (χ0n) is 15.2. The zero-order valence-corrected chi connectivity index (χ0v) is 15.2. The van der Waals surface area contributed by atoms with E-state index in [1.54, 1.807) is 12.4 Å². The molecule has 1 heterocycles. The van der Waals surface area contributed by atoms with Gasteiger partial charge in [0.1, 0.15) is 11.9 Å². The van der Waals surface area contributed by atoms with Crippen LogP contribution in [0.4, 0.5) is 26.3 Å². The molecule has 1 aromatic carbocycles. The van der Waals surface area contributed by atoms with Crippen LogP contribution < -0.4 is 4.74 Å². The predicted octanol–water partition coefficient (Wildman–Crippen LogP) is 5.57. The minimum absolute atomic E-state index is 0.217. The van der Waals surface area contributed by atoms with Gasteiger partial charge in [-0.05, 0) is 23.6 Å². The summed E-state index contributed by atoms with van der Waals surface area (Å²) in [7, 11) is 0. The molecule has 0 N–H and O–H groups in total. The highest BCUT2D eigenvalue weighted by atomic mass is 19.3. The van der Waals surface area contributed by atoms with E-state index >= 15 is 0 Å². The van der Waals surface area contributed by atoms with E-state index in [9.17, 15) is 26.3 Å². The lowest BCUT2D eigenvalue weighted by molar-refractivity contribution is -0.149. The average Bonchev–Trinajstić information content (AvgIpc) is 2.66. The Morgan fingerprint density at radius 2 is 1.69 bits per heavy atom. The number of aromatic nitrogens is 2. The van der Waals surface area contributed by atoms with E-state index in [2.05, 4.69) is 14.7 Å². The maximum atomic E-state index is 14.5. The van der Waals surface area contributed by atoms with Crippen LogP contribution in [0.15, 0.2) is 42.3 Å². The second-order valence-corrected chi connectivity index (χ2v) is 6.47. The van der Waals surface area contributed by atoms with Gasteiger partial charge >= 0.3 is 6.11 Å². The molecule has 0 spiro atoms. The quantitative estimate of drug-likeness (QED) is 0.458. The van der Waals surface area contributed by atoms with Crippen LogP contribution in [0.2, 0.25) is 0 Å². The Labute approximate surface area is 162 Å². The molecule has 3 rings (SSSR count). The molecule has 0 saturated carbocycles. The lowest BCUT2D eigenvalue weighted by Gasteiger charge is -2.25. The number of alkyl halides is 3. The third-order valence-electron chi connectivity index (χ3n) is 4.27. The maximum Gasteiger partial charge on any atom is 0.425 e. The fourth-order valence-corrected chi connectivity index (χ4v) is 2.85. The zero-order chi connectivity index (χ0) is 21.2. The predicted molar refractivity (Wildman–Crippen MR) is 93.5 cm³/mol. The highest BCUT2D eigenvalue weighted by molar-refractivity contribution is 5.65. The van der Waals surface area contributed by atoms with Crippen LogP contribution >= 0.6 is 0 Å². The Morgan fingerprint density at radius 1 is 1.07 bits per heavy atom. The lowest BCUT2D eigenvalue weighted by Crippen LogP contribution is -2.33. The molecule has 0 radical (unpaired) electrons. The Bertz CT molecular complexity index is 933. The van der Waals surface area contributed by atoms with Crippen LogP contribution in [-0.4, -0.2) is 22.2 Å². The number of hydrogen-bond acceptors (Lipinski definition) is 3. The molecule has 0 bridgehead atoms. The van der Waals surface area contributed by atoms with Crippen molar-refractivity contribution in [3.05, 3.63) is 71.1 Å². The van der Waals surface area contributed by atoms with Gasteiger partial charge in [-0.1, -0.05) is 19.4 Å². The van der Waals surface area contributed by atoms with Gasteiger partial charge in [-0.25, -0.2) is 27.5 Å². The minimum Gasteiger partial charge on any atom is -0.429 e. The van der Waals surface area contributed by atoms with Gasteiger partial charge in [0.15, 0.2) is 23.3 Å². The Balaban J connectivity index is 1.82. The van der Waals surface area contributed by atoms with Crippen molar-refractivity contribution in [1.29, 1.82) is 0 Å². The van der Waals surface area contributed by atoms with Crippen LogP contribution in [0.5, 0.6) is 5.75 Å². The molecule has 154 valence electrons. The molecule has 0 amide bonds. The summed E-state index contributed by atoms with van der Waals surface area (Å²) in [4.78, 5) is 8.25. The molecule has 1 aliphatic rings. The van der Waals surface area contributed by atoms with Crippen LogP contribution in [0, 0.1) is 17.5 Å². The smallest absolute Gasteiger partial charge is 0.425 e. The van der Waals surface area contributed by atoms with Crippen LogP contribution in [0.1, 0.15) is 31.2 Å². The molecule has 29 heavy (non-hydrogen) atoms. The summed E-state index contributed by atoms with van der Waals surface area (Å²) in [5, 5.41) is 0. The first-order chi connectivity index (χ1) is 13.7. The highest BCUT2D eigenvalue weighted by Gasteiger charge is 2.43. The second-order valence-electron chi connectivity index (χ2n) is 6.47. The molecule has 1 aromatic heterocycles. The van der Waals surface area contributed by atoms with Crippen molar-refractivity contribution >= 4 is 5.57 Å². The summed E-state index contributed by atoms with van der Waals surface area (Å²) in [5.41, 5.74) is 0.187. The Morgan fingerprint density at radius 3 is 2.24 bits per heavy atom. The number of hydrogen-bond donors (Lipinski definition) is 0. The van der Waals surface area contributed by atoms with Crippen LogP contribution in [0.3, 0.4) is 0 Å². The number of halogens is 6. The van der Waals surface area contributed by atoms with E-state index in [0.29, 0.717) is 5.57 Å². The summed E-state index contributed by atoms with van der Waals surface area (Å²) in [5.74, 6) is -5.97. The first kappa shape index (κ1) is 20.9. The van der Waals surface area contributed by atoms with Crippen molar-refractivity contribution in [2.75, 3.05) is 0 Å². The molecular weight excluding hydrogens is 398 g/mol. The van der Waals surface area contributed by atoms with Gasteiger partial charge in [0.25, 0.3) is 0 Å². The van der Waals surface area contributed by atoms with Gasteiger partial charge in [0.2, 0.25) is 0 Å². The summed E-state index contributed by atoms with van der Waals surface area (Å²) in [6, 6.07) is 0.520. The van der Waals surface area contributed by atoms with Gasteiger partial charge in [0, 0.05) is 30.9 Å². The normalized spacial score (nSPS) is 17.0. The number of rotatable bonds is 6. The van der Waals surface area contributed by atoms with Gasteiger partial charge < -0.3 is 4.74 Å². The molecule has 1 aliphatic carbocycles. The topological polar surface area (TPSA) is 35.0 Å². The Kier molecular flexibility index (Phi) is 5.95. The number of aryl methyl sites for hydroxylation is 1. The van der Waals surface area contributed by atoms with Gasteiger partial charge in [-0.15, -0.1) is 0 Å². The van der Waals surface area contributed by atoms with Crippen molar-refractivity contribution in [3.8, 4) is 5.75 Å². The van der Waals surface area contributed by atoms with E-state index in [-0.39, 0.29) is 18.0 Å². The van der Waals surface area contributed by atoms with E-state index in [1.807, 2.05) is 6.92 Å². The summed E-state index contributed by atoms with van der Waals surface area (Å²) in [6.45, 7) is 1.99. The van der Waals surface area contributed by atoms with Crippen LogP contribution in [0.25, 0.3) is 5.57 Å². The summed E-state index contributed by atoms with van der Waals surface area (Å²) >= 11 is 0.